The van der Waals surface area contributed by atoms with E-state index in [1.807, 2.05) is 45.9 Å². The van der Waals surface area contributed by atoms with E-state index in [-0.39, 0.29) is 50.4 Å². The fourth-order valence-corrected chi connectivity index (χ4v) is 7.83. The first kappa shape index (κ1) is 39.7. The lowest BCUT2D eigenvalue weighted by molar-refractivity contribution is -0.145. The van der Waals surface area contributed by atoms with E-state index in [4.69, 9.17) is 39.0 Å². The summed E-state index contributed by atoms with van der Waals surface area (Å²) in [7, 11) is 0. The van der Waals surface area contributed by atoms with Crippen molar-refractivity contribution in [2.45, 2.75) is 53.9 Å². The van der Waals surface area contributed by atoms with Crippen molar-refractivity contribution in [3.8, 4) is 0 Å². The summed E-state index contributed by atoms with van der Waals surface area (Å²) in [4.78, 5) is 41.0. The second-order valence-corrected chi connectivity index (χ2v) is 14.0. The summed E-state index contributed by atoms with van der Waals surface area (Å²) in [6, 6.07) is 0. The first-order chi connectivity index (χ1) is 26.5. The molecule has 0 unspecified atom stereocenters. The summed E-state index contributed by atoms with van der Waals surface area (Å²) in [5.74, 6) is -3.72. The third kappa shape index (κ3) is 7.93. The first-order valence-corrected chi connectivity index (χ1v) is 18.8. The molecule has 5 heterocycles. The molecule has 1 fully saturated rings. The summed E-state index contributed by atoms with van der Waals surface area (Å²) in [6.07, 6.45) is 8.84. The van der Waals surface area contributed by atoms with Gasteiger partial charge in [0.25, 0.3) is 0 Å². The Hall–Kier alpha value is -4.95. The van der Waals surface area contributed by atoms with E-state index < -0.39 is 17.9 Å². The zero-order valence-corrected chi connectivity index (χ0v) is 32.2. The average molecular weight is 755 g/mol. The standard InChI is InChI=1S/C42H50N4O9/c1-7-26-22(3)29-19-31-24(5)28(9-10-35(48)55-18-17-54-16-15-53-14-13-52-12-11-47)39(45-31)37-38(42(50)51)41(49)36-25(6)32(46-40(36)37)21-34-27(8-2)23(4)30(44-34)20-33(26)43-29/h7,19-21,24,28,38,45,47,49H,1,8-18H2,2-6H3,(H,50,51)/t24-,28-,38+/m0/s1. The summed E-state index contributed by atoms with van der Waals surface area (Å²) in [5.41, 5.74) is 10.9. The van der Waals surface area contributed by atoms with E-state index in [1.165, 1.54) is 0 Å². The molecule has 8 bridgehead atoms. The quantitative estimate of drug-likeness (QED) is 0.109. The van der Waals surface area contributed by atoms with E-state index in [0.717, 1.165) is 57.2 Å². The highest BCUT2D eigenvalue weighted by Crippen LogP contribution is 2.49. The number of hydrogen-bond acceptors (Lipinski definition) is 12. The minimum absolute atomic E-state index is 0.0332. The number of fused-ring (bicyclic) bond motifs is 5. The fourth-order valence-electron chi connectivity index (χ4n) is 7.83. The number of nitrogens with one attached hydrogen (secondary N) is 1. The highest BCUT2D eigenvalue weighted by molar-refractivity contribution is 6.24. The van der Waals surface area contributed by atoms with Gasteiger partial charge in [0.05, 0.1) is 80.5 Å². The van der Waals surface area contributed by atoms with Crippen LogP contribution >= 0.6 is 0 Å². The van der Waals surface area contributed by atoms with Crippen LogP contribution in [0, 0.1) is 17.8 Å². The second kappa shape index (κ2) is 17.2. The maximum absolute atomic E-state index is 13.0. The van der Waals surface area contributed by atoms with Crippen LogP contribution in [-0.2, 0) is 28.5 Å². The van der Waals surface area contributed by atoms with Gasteiger partial charge in [0.15, 0.2) is 0 Å². The van der Waals surface area contributed by atoms with Gasteiger partial charge in [-0.05, 0) is 74.1 Å². The van der Waals surface area contributed by atoms with Crippen LogP contribution in [-0.4, -0.2) is 97.2 Å². The zero-order valence-electron chi connectivity index (χ0n) is 32.2. The molecule has 0 amide bonds. The highest BCUT2D eigenvalue weighted by Gasteiger charge is 2.48. The fraction of sp³-hybridized carbons (Fsp3) is 0.452. The molecule has 0 radical (unpaired) electrons. The number of ether oxygens (including phenoxy) is 4. The molecule has 4 N–H and O–H groups in total. The molecule has 292 valence electrons. The maximum atomic E-state index is 13.0. The van der Waals surface area contributed by atoms with Gasteiger partial charge in [-0.15, -0.1) is 0 Å². The topological polar surface area (TPSA) is 181 Å². The van der Waals surface area contributed by atoms with Crippen LogP contribution in [0.15, 0.2) is 119 Å². The van der Waals surface area contributed by atoms with Crippen LogP contribution in [0.4, 0.5) is 0 Å². The van der Waals surface area contributed by atoms with Gasteiger partial charge in [-0.2, -0.15) is 0 Å². The Labute approximate surface area is 321 Å². The Balaban J connectivity index is 1.30. The molecule has 6 aliphatic rings. The van der Waals surface area contributed by atoms with Gasteiger partial charge in [0.2, 0.25) is 0 Å². The minimum Gasteiger partial charge on any atom is -0.510 e. The van der Waals surface area contributed by atoms with Gasteiger partial charge < -0.3 is 39.6 Å². The van der Waals surface area contributed by atoms with Crippen molar-refractivity contribution in [2.75, 3.05) is 52.9 Å². The third-order valence-electron chi connectivity index (χ3n) is 10.8. The van der Waals surface area contributed by atoms with Gasteiger partial charge in [-0.1, -0.05) is 26.5 Å². The molecule has 0 spiro atoms. The Morgan fingerprint density at radius 3 is 2.20 bits per heavy atom. The van der Waals surface area contributed by atoms with Crippen LogP contribution < -0.4 is 5.32 Å². The number of carboxylic acids is 1. The van der Waals surface area contributed by atoms with E-state index in [1.54, 1.807) is 6.08 Å². The minimum atomic E-state index is -1.34. The lowest BCUT2D eigenvalue weighted by Crippen LogP contribution is -2.24. The number of carbonyl (C=O) groups excluding carboxylic acids is 1. The summed E-state index contributed by atoms with van der Waals surface area (Å²) < 4.78 is 21.5. The number of aliphatic imine (C=N–C) groups is 3. The van der Waals surface area contributed by atoms with Crippen molar-refractivity contribution in [1.29, 1.82) is 0 Å². The number of esters is 1. The van der Waals surface area contributed by atoms with E-state index in [2.05, 4.69) is 18.8 Å². The third-order valence-corrected chi connectivity index (χ3v) is 10.8. The molecule has 0 saturated carbocycles. The van der Waals surface area contributed by atoms with E-state index >= 15 is 0 Å². The number of carboxylic acid groups (broad SMARTS) is 1. The van der Waals surface area contributed by atoms with E-state index in [0.29, 0.717) is 66.7 Å². The van der Waals surface area contributed by atoms with Crippen LogP contribution in [0.2, 0.25) is 0 Å². The van der Waals surface area contributed by atoms with Crippen molar-refractivity contribution in [2.24, 2.45) is 32.7 Å². The Morgan fingerprint density at radius 1 is 0.891 bits per heavy atom. The largest absolute Gasteiger partial charge is 0.510 e. The Kier molecular flexibility index (Phi) is 12.5. The van der Waals surface area contributed by atoms with Crippen molar-refractivity contribution >= 4 is 29.1 Å². The highest BCUT2D eigenvalue weighted by atomic mass is 16.6. The molecule has 13 nitrogen and oxygen atoms in total. The van der Waals surface area contributed by atoms with Crippen molar-refractivity contribution in [3.05, 3.63) is 104 Å². The van der Waals surface area contributed by atoms with Crippen LogP contribution in [0.3, 0.4) is 0 Å². The van der Waals surface area contributed by atoms with Gasteiger partial charge in [-0.3, -0.25) is 9.59 Å². The van der Waals surface area contributed by atoms with Gasteiger partial charge in [-0.25, -0.2) is 15.0 Å². The molecule has 0 aromatic carbocycles. The SMILES string of the molecule is C=CC1=C(C)C2=NC1=CC1=NC(=CC3=C(C)C4=C(O)[C@H](C(=O)O)C(=C5NC(=C2)[C@@H](C)[C@@H]5CCC(=O)OCCOCCOCCOCCO)C4=N3)C(CC)=C1C. The van der Waals surface area contributed by atoms with Crippen molar-refractivity contribution in [3.63, 3.8) is 0 Å². The predicted molar refractivity (Wildman–Crippen MR) is 208 cm³/mol. The predicted octanol–water partition coefficient (Wildman–Crippen LogP) is 5.52. The number of nitrogens with zero attached hydrogens (tertiary/aromatic N) is 3. The monoisotopic (exact) mass is 754 g/mol. The van der Waals surface area contributed by atoms with Gasteiger partial charge >= 0.3 is 11.9 Å². The molecular formula is C42H50N4O9. The lowest BCUT2D eigenvalue weighted by Gasteiger charge is -2.19. The average Bonchev–Trinajstić information content (AvgIpc) is 3.90. The lowest BCUT2D eigenvalue weighted by atomic mass is 9.84. The molecule has 5 aliphatic heterocycles. The molecule has 13 heteroatoms. The summed E-state index contributed by atoms with van der Waals surface area (Å²) in [6.45, 7) is 16.1. The smallest absolute Gasteiger partial charge is 0.318 e. The molecule has 6 rings (SSSR count). The van der Waals surface area contributed by atoms with Crippen molar-refractivity contribution < 1.29 is 43.9 Å². The van der Waals surface area contributed by atoms with Gasteiger partial charge in [0.1, 0.15) is 18.3 Å². The normalized spacial score (nSPS) is 22.9. The van der Waals surface area contributed by atoms with Gasteiger partial charge in [0, 0.05) is 46.4 Å². The van der Waals surface area contributed by atoms with Crippen LogP contribution in [0.5, 0.6) is 0 Å². The number of aliphatic carboxylic acids is 1. The number of aliphatic hydroxyl groups is 2. The van der Waals surface area contributed by atoms with E-state index in [9.17, 15) is 19.8 Å². The number of rotatable bonds is 17. The number of hydrogen-bond donors (Lipinski definition) is 4. The molecule has 0 aromatic heterocycles. The number of allylic oxidation sites excluding steroid dienone is 11. The Bertz CT molecular complexity index is 2020. The number of carbonyl (C=O) groups is 2. The zero-order chi connectivity index (χ0) is 39.4. The number of aliphatic hydroxyl groups excluding tert-OH is 2. The summed E-state index contributed by atoms with van der Waals surface area (Å²) >= 11 is 0. The molecule has 0 aromatic rings. The molecule has 1 saturated heterocycles. The van der Waals surface area contributed by atoms with Crippen LogP contribution in [0.1, 0.15) is 53.9 Å². The molecule has 55 heavy (non-hydrogen) atoms. The summed E-state index contributed by atoms with van der Waals surface area (Å²) in [5, 5.41) is 34.4. The van der Waals surface area contributed by atoms with Crippen molar-refractivity contribution in [1.82, 2.24) is 5.32 Å². The molecule has 3 atom stereocenters. The molecule has 1 aliphatic carbocycles. The van der Waals surface area contributed by atoms with Crippen LogP contribution in [0.25, 0.3) is 0 Å². The Morgan fingerprint density at radius 2 is 1.55 bits per heavy atom. The second-order valence-electron chi connectivity index (χ2n) is 14.0. The first-order valence-electron chi connectivity index (χ1n) is 18.8. The molecular weight excluding hydrogens is 704 g/mol. The maximum Gasteiger partial charge on any atom is 0.318 e.